The second kappa shape index (κ2) is 5.54. The third-order valence-electron chi connectivity index (χ3n) is 2.49. The SMILES string of the molecule is CNCc1cc(-c2ccncc2)nn1CCF. The second-order valence-corrected chi connectivity index (χ2v) is 3.70. The summed E-state index contributed by atoms with van der Waals surface area (Å²) in [5.41, 5.74) is 2.83. The second-order valence-electron chi connectivity index (χ2n) is 3.70. The van der Waals surface area contributed by atoms with Gasteiger partial charge in [0.05, 0.1) is 17.9 Å². The minimum absolute atomic E-state index is 0.294. The molecule has 0 aliphatic rings. The first-order valence-corrected chi connectivity index (χ1v) is 5.53. The number of aryl methyl sites for hydroxylation is 1. The first kappa shape index (κ1) is 11.7. The average Bonchev–Trinajstić information content (AvgIpc) is 2.75. The molecule has 2 aromatic heterocycles. The Balaban J connectivity index is 2.33. The topological polar surface area (TPSA) is 42.7 Å². The molecule has 0 radical (unpaired) electrons. The molecule has 2 heterocycles. The molecule has 0 saturated heterocycles. The molecule has 1 N–H and O–H groups in total. The molecule has 5 heteroatoms. The highest BCUT2D eigenvalue weighted by atomic mass is 19.1. The van der Waals surface area contributed by atoms with Crippen LogP contribution in [0.5, 0.6) is 0 Å². The zero-order chi connectivity index (χ0) is 12.1. The normalized spacial score (nSPS) is 10.7. The number of pyridine rings is 1. The molecule has 0 aliphatic heterocycles. The number of nitrogens with one attached hydrogen (secondary N) is 1. The van der Waals surface area contributed by atoms with Gasteiger partial charge in [0.2, 0.25) is 0 Å². The molecule has 0 saturated carbocycles. The van der Waals surface area contributed by atoms with E-state index in [9.17, 15) is 4.39 Å². The third-order valence-corrected chi connectivity index (χ3v) is 2.49. The van der Waals surface area contributed by atoms with E-state index in [-0.39, 0.29) is 0 Å². The van der Waals surface area contributed by atoms with Gasteiger partial charge in [-0.2, -0.15) is 5.10 Å². The van der Waals surface area contributed by atoms with Gasteiger partial charge in [-0.25, -0.2) is 4.39 Å². The molecule has 2 aromatic rings. The van der Waals surface area contributed by atoms with Crippen molar-refractivity contribution in [3.05, 3.63) is 36.3 Å². The fraction of sp³-hybridized carbons (Fsp3) is 0.333. The lowest BCUT2D eigenvalue weighted by Crippen LogP contribution is -2.13. The Labute approximate surface area is 99.5 Å². The van der Waals surface area contributed by atoms with Crippen molar-refractivity contribution in [2.45, 2.75) is 13.1 Å². The summed E-state index contributed by atoms with van der Waals surface area (Å²) in [5, 5.41) is 7.45. The molecule has 0 bridgehead atoms. The van der Waals surface area contributed by atoms with Crippen molar-refractivity contribution >= 4 is 0 Å². The predicted octanol–water partition coefficient (Wildman–Crippen LogP) is 1.63. The third kappa shape index (κ3) is 2.68. The highest BCUT2D eigenvalue weighted by Gasteiger charge is 2.08. The van der Waals surface area contributed by atoms with E-state index in [1.54, 1.807) is 17.1 Å². The molecule has 17 heavy (non-hydrogen) atoms. The maximum Gasteiger partial charge on any atom is 0.109 e. The monoisotopic (exact) mass is 234 g/mol. The van der Waals surface area contributed by atoms with Gasteiger partial charge in [0, 0.05) is 24.5 Å². The van der Waals surface area contributed by atoms with E-state index in [0.29, 0.717) is 13.1 Å². The van der Waals surface area contributed by atoms with E-state index in [2.05, 4.69) is 15.4 Å². The first-order valence-electron chi connectivity index (χ1n) is 5.53. The van der Waals surface area contributed by atoms with E-state index in [0.717, 1.165) is 17.0 Å². The van der Waals surface area contributed by atoms with Crippen LogP contribution in [0.15, 0.2) is 30.6 Å². The van der Waals surface area contributed by atoms with Crippen LogP contribution >= 0.6 is 0 Å². The van der Waals surface area contributed by atoms with Gasteiger partial charge < -0.3 is 5.32 Å². The number of rotatable bonds is 5. The van der Waals surface area contributed by atoms with E-state index in [1.165, 1.54) is 0 Å². The summed E-state index contributed by atoms with van der Waals surface area (Å²) in [7, 11) is 1.86. The van der Waals surface area contributed by atoms with Crippen LogP contribution in [-0.4, -0.2) is 28.5 Å². The van der Waals surface area contributed by atoms with Gasteiger partial charge in [0.1, 0.15) is 6.67 Å². The van der Waals surface area contributed by atoms with Crippen molar-refractivity contribution in [3.63, 3.8) is 0 Å². The number of nitrogens with zero attached hydrogens (tertiary/aromatic N) is 3. The van der Waals surface area contributed by atoms with Crippen LogP contribution in [0.2, 0.25) is 0 Å². The van der Waals surface area contributed by atoms with Crippen molar-refractivity contribution in [2.24, 2.45) is 0 Å². The summed E-state index contributed by atoms with van der Waals surface area (Å²) in [4.78, 5) is 3.97. The maximum absolute atomic E-state index is 12.4. The summed E-state index contributed by atoms with van der Waals surface area (Å²) >= 11 is 0. The molecule has 0 aliphatic carbocycles. The van der Waals surface area contributed by atoms with E-state index in [1.807, 2.05) is 25.2 Å². The zero-order valence-corrected chi connectivity index (χ0v) is 9.73. The summed E-state index contributed by atoms with van der Waals surface area (Å²) < 4.78 is 14.1. The Bertz CT molecular complexity index is 443. The molecule has 2 rings (SSSR count). The molecular formula is C12H15FN4. The van der Waals surface area contributed by atoms with E-state index in [4.69, 9.17) is 0 Å². The van der Waals surface area contributed by atoms with Crippen LogP contribution in [-0.2, 0) is 13.1 Å². The Hall–Kier alpha value is -1.75. The quantitative estimate of drug-likeness (QED) is 0.855. The molecular weight excluding hydrogens is 219 g/mol. The van der Waals surface area contributed by atoms with Crippen molar-refractivity contribution in [2.75, 3.05) is 13.7 Å². The Kier molecular flexibility index (Phi) is 3.82. The van der Waals surface area contributed by atoms with Gasteiger partial charge in [-0.1, -0.05) is 0 Å². The fourth-order valence-corrected chi connectivity index (χ4v) is 1.72. The molecule has 90 valence electrons. The fourth-order valence-electron chi connectivity index (χ4n) is 1.72. The van der Waals surface area contributed by atoms with Gasteiger partial charge in [0.15, 0.2) is 0 Å². The molecule has 0 amide bonds. The van der Waals surface area contributed by atoms with E-state index < -0.39 is 6.67 Å². The van der Waals surface area contributed by atoms with E-state index >= 15 is 0 Å². The Morgan fingerprint density at radius 2 is 2.12 bits per heavy atom. The molecule has 0 spiro atoms. The molecule has 0 atom stereocenters. The number of hydrogen-bond donors (Lipinski definition) is 1. The zero-order valence-electron chi connectivity index (χ0n) is 9.73. The highest BCUT2D eigenvalue weighted by molar-refractivity contribution is 5.58. The van der Waals surface area contributed by atoms with Crippen LogP contribution in [0.1, 0.15) is 5.69 Å². The minimum atomic E-state index is -0.409. The Morgan fingerprint density at radius 3 is 2.76 bits per heavy atom. The summed E-state index contributed by atoms with van der Waals surface area (Å²) in [5.74, 6) is 0. The Morgan fingerprint density at radius 1 is 1.35 bits per heavy atom. The number of hydrogen-bond acceptors (Lipinski definition) is 3. The molecule has 0 fully saturated rings. The van der Waals surface area contributed by atoms with Gasteiger partial charge in [-0.15, -0.1) is 0 Å². The van der Waals surface area contributed by atoms with Crippen molar-refractivity contribution in [1.82, 2.24) is 20.1 Å². The van der Waals surface area contributed by atoms with Crippen molar-refractivity contribution < 1.29 is 4.39 Å². The van der Waals surface area contributed by atoms with Gasteiger partial charge in [-0.05, 0) is 25.2 Å². The van der Waals surface area contributed by atoms with Crippen LogP contribution in [0, 0.1) is 0 Å². The molecule has 0 aromatic carbocycles. The van der Waals surface area contributed by atoms with Gasteiger partial charge in [0.25, 0.3) is 0 Å². The highest BCUT2D eigenvalue weighted by Crippen LogP contribution is 2.18. The van der Waals surface area contributed by atoms with Gasteiger partial charge in [-0.3, -0.25) is 9.67 Å². The predicted molar refractivity (Wildman–Crippen MR) is 64.2 cm³/mol. The smallest absolute Gasteiger partial charge is 0.109 e. The van der Waals surface area contributed by atoms with Crippen LogP contribution in [0.4, 0.5) is 4.39 Å². The molecule has 0 unspecified atom stereocenters. The molecule has 4 nitrogen and oxygen atoms in total. The minimum Gasteiger partial charge on any atom is -0.314 e. The van der Waals surface area contributed by atoms with Crippen LogP contribution in [0.3, 0.4) is 0 Å². The summed E-state index contributed by atoms with van der Waals surface area (Å²) in [6, 6.07) is 5.76. The first-order chi connectivity index (χ1) is 8.35. The lowest BCUT2D eigenvalue weighted by molar-refractivity contribution is 0.419. The van der Waals surface area contributed by atoms with Crippen LogP contribution < -0.4 is 5.32 Å². The standard InChI is InChI=1S/C12H15FN4/c1-14-9-11-8-12(16-17(11)7-4-13)10-2-5-15-6-3-10/h2-3,5-6,8,14H,4,7,9H2,1H3. The van der Waals surface area contributed by atoms with Crippen molar-refractivity contribution in [3.8, 4) is 11.3 Å². The summed E-state index contributed by atoms with van der Waals surface area (Å²) in [6.45, 7) is 0.564. The number of alkyl halides is 1. The lowest BCUT2D eigenvalue weighted by atomic mass is 10.2. The number of halogens is 1. The van der Waals surface area contributed by atoms with Crippen molar-refractivity contribution in [1.29, 1.82) is 0 Å². The lowest BCUT2D eigenvalue weighted by Gasteiger charge is -2.03. The largest absolute Gasteiger partial charge is 0.314 e. The van der Waals surface area contributed by atoms with Crippen LogP contribution in [0.25, 0.3) is 11.3 Å². The maximum atomic E-state index is 12.4. The number of aromatic nitrogens is 3. The summed E-state index contributed by atoms with van der Waals surface area (Å²) in [6.07, 6.45) is 3.45. The van der Waals surface area contributed by atoms with Gasteiger partial charge >= 0.3 is 0 Å². The average molecular weight is 234 g/mol.